The van der Waals surface area contributed by atoms with E-state index in [1.807, 2.05) is 0 Å². The fourth-order valence-electron chi connectivity index (χ4n) is 1.63. The Kier molecular flexibility index (Phi) is 5.40. The summed E-state index contributed by atoms with van der Waals surface area (Å²) >= 11 is 6.31. The minimum absolute atomic E-state index is 0.175. The molecule has 1 heterocycles. The van der Waals surface area contributed by atoms with E-state index >= 15 is 0 Å². The summed E-state index contributed by atoms with van der Waals surface area (Å²) in [6, 6.07) is 4.62. The van der Waals surface area contributed by atoms with Crippen molar-refractivity contribution >= 4 is 39.7 Å². The summed E-state index contributed by atoms with van der Waals surface area (Å²) in [4.78, 5) is 15.5. The number of anilines is 1. The van der Waals surface area contributed by atoms with Crippen molar-refractivity contribution in [3.8, 4) is 17.0 Å². The van der Waals surface area contributed by atoms with Crippen LogP contribution in [0.2, 0.25) is 0 Å². The van der Waals surface area contributed by atoms with E-state index < -0.39 is 5.82 Å². The number of hydrogen-bond acceptors (Lipinski definition) is 5. The molecule has 1 amide bonds. The quantitative estimate of drug-likeness (QED) is 0.838. The summed E-state index contributed by atoms with van der Waals surface area (Å²) < 4.78 is 18.6. The minimum Gasteiger partial charge on any atom is -0.494 e. The molecule has 5 nitrogen and oxygen atoms in total. The number of methoxy groups -OCH3 is 1. The number of ether oxygens (including phenoxy) is 1. The highest BCUT2D eigenvalue weighted by Gasteiger charge is 2.10. The van der Waals surface area contributed by atoms with Gasteiger partial charge in [0.25, 0.3) is 0 Å². The van der Waals surface area contributed by atoms with Crippen LogP contribution in [0.1, 0.15) is 13.3 Å². The lowest BCUT2D eigenvalue weighted by molar-refractivity contribution is -0.119. The molecular weight excluding hydrogens is 325 g/mol. The number of thiazole rings is 1. The Morgan fingerprint density at radius 1 is 1.50 bits per heavy atom. The summed E-state index contributed by atoms with van der Waals surface area (Å²) in [5.41, 5.74) is 1.24. The van der Waals surface area contributed by atoms with E-state index in [1.165, 1.54) is 24.5 Å². The number of nitrogens with one attached hydrogen (secondary N) is 2. The van der Waals surface area contributed by atoms with Gasteiger partial charge in [0.15, 0.2) is 21.8 Å². The highest BCUT2D eigenvalue weighted by Crippen LogP contribution is 2.28. The lowest BCUT2D eigenvalue weighted by Crippen LogP contribution is -2.33. The molecule has 0 saturated heterocycles. The van der Waals surface area contributed by atoms with E-state index in [0.29, 0.717) is 22.8 Å². The van der Waals surface area contributed by atoms with Gasteiger partial charge in [-0.3, -0.25) is 4.79 Å². The van der Waals surface area contributed by atoms with E-state index in [9.17, 15) is 9.18 Å². The average molecular weight is 339 g/mol. The first kappa shape index (κ1) is 16.3. The predicted molar refractivity (Wildman–Crippen MR) is 88.7 cm³/mol. The molecular formula is C14H14FN3O2S2. The van der Waals surface area contributed by atoms with Gasteiger partial charge in [-0.2, -0.15) is 0 Å². The van der Waals surface area contributed by atoms with Gasteiger partial charge in [0, 0.05) is 17.4 Å². The number of rotatable bonds is 4. The topological polar surface area (TPSA) is 63.2 Å². The number of amides is 1. The normalized spacial score (nSPS) is 10.1. The minimum atomic E-state index is -0.451. The number of benzene rings is 1. The second kappa shape index (κ2) is 7.28. The van der Waals surface area contributed by atoms with Crippen LogP contribution in [-0.4, -0.2) is 23.1 Å². The van der Waals surface area contributed by atoms with Crippen LogP contribution in [0.4, 0.5) is 9.52 Å². The first-order chi connectivity index (χ1) is 10.5. The fraction of sp³-hybridized carbons (Fsp3) is 0.214. The number of carbonyl (C=O) groups is 1. The predicted octanol–water partition coefficient (Wildman–Crippen LogP) is 3.18. The number of hydrogen-bond donors (Lipinski definition) is 2. The van der Waals surface area contributed by atoms with E-state index in [2.05, 4.69) is 15.6 Å². The van der Waals surface area contributed by atoms with Crippen molar-refractivity contribution in [3.63, 3.8) is 0 Å². The van der Waals surface area contributed by atoms with E-state index in [-0.39, 0.29) is 16.8 Å². The van der Waals surface area contributed by atoms with Crippen LogP contribution in [-0.2, 0) is 4.79 Å². The van der Waals surface area contributed by atoms with Gasteiger partial charge >= 0.3 is 0 Å². The van der Waals surface area contributed by atoms with Crippen molar-refractivity contribution in [2.24, 2.45) is 0 Å². The molecule has 0 aliphatic rings. The smallest absolute Gasteiger partial charge is 0.225 e. The Bertz CT molecular complexity index is 703. The van der Waals surface area contributed by atoms with E-state index in [4.69, 9.17) is 17.0 Å². The molecule has 2 aromatic rings. The summed E-state index contributed by atoms with van der Waals surface area (Å²) in [6.45, 7) is 1.73. The first-order valence-corrected chi connectivity index (χ1v) is 7.72. The summed E-state index contributed by atoms with van der Waals surface area (Å²) in [7, 11) is 1.41. The maximum Gasteiger partial charge on any atom is 0.225 e. The molecule has 1 aromatic heterocycles. The van der Waals surface area contributed by atoms with Crippen molar-refractivity contribution in [2.75, 3.05) is 12.4 Å². The second-order valence-corrected chi connectivity index (χ2v) is 5.51. The Balaban J connectivity index is 2.09. The molecule has 0 fully saturated rings. The molecule has 2 rings (SSSR count). The molecule has 0 spiro atoms. The van der Waals surface area contributed by atoms with Crippen LogP contribution in [0.5, 0.6) is 5.75 Å². The zero-order chi connectivity index (χ0) is 16.1. The van der Waals surface area contributed by atoms with Crippen LogP contribution in [0, 0.1) is 5.82 Å². The fourth-order valence-corrected chi connectivity index (χ4v) is 2.63. The van der Waals surface area contributed by atoms with Crippen LogP contribution >= 0.6 is 23.6 Å². The number of aromatic nitrogens is 1. The van der Waals surface area contributed by atoms with Crippen LogP contribution in [0.25, 0.3) is 11.3 Å². The third-order valence-electron chi connectivity index (χ3n) is 2.75. The number of halogens is 1. The molecule has 2 N–H and O–H groups in total. The lowest BCUT2D eigenvalue weighted by atomic mass is 10.1. The average Bonchev–Trinajstić information content (AvgIpc) is 2.95. The zero-order valence-electron chi connectivity index (χ0n) is 12.0. The first-order valence-electron chi connectivity index (χ1n) is 6.43. The molecule has 0 radical (unpaired) electrons. The monoisotopic (exact) mass is 339 g/mol. The molecule has 8 heteroatoms. The lowest BCUT2D eigenvalue weighted by Gasteiger charge is -2.05. The van der Waals surface area contributed by atoms with Crippen molar-refractivity contribution in [1.29, 1.82) is 0 Å². The molecule has 0 aliphatic carbocycles. The molecule has 0 bridgehead atoms. The number of carbonyl (C=O) groups excluding carboxylic acids is 1. The highest BCUT2D eigenvalue weighted by molar-refractivity contribution is 7.80. The van der Waals surface area contributed by atoms with Gasteiger partial charge in [-0.15, -0.1) is 11.3 Å². The van der Waals surface area contributed by atoms with Crippen molar-refractivity contribution in [3.05, 3.63) is 29.4 Å². The van der Waals surface area contributed by atoms with Crippen LogP contribution < -0.4 is 15.4 Å². The number of nitrogens with zero attached hydrogens (tertiary/aromatic N) is 1. The van der Waals surface area contributed by atoms with Crippen molar-refractivity contribution in [1.82, 2.24) is 10.3 Å². The maximum absolute atomic E-state index is 13.7. The SMILES string of the molecule is CCC(=O)NC(=S)Nc1nc(-c2ccc(OC)c(F)c2)cs1. The molecule has 0 aliphatic heterocycles. The second-order valence-electron chi connectivity index (χ2n) is 4.24. The van der Waals surface area contributed by atoms with E-state index in [1.54, 1.807) is 24.4 Å². The van der Waals surface area contributed by atoms with Gasteiger partial charge in [0.05, 0.1) is 12.8 Å². The van der Waals surface area contributed by atoms with Gasteiger partial charge in [-0.05, 0) is 30.4 Å². The standard InChI is InChI=1S/C14H14FN3O2S2/c1-3-12(19)17-13(21)18-14-16-10(7-22-14)8-4-5-11(20-2)9(15)6-8/h4-7H,3H2,1-2H3,(H2,16,17,18,19,21). The van der Waals surface area contributed by atoms with Crippen molar-refractivity contribution < 1.29 is 13.9 Å². The summed E-state index contributed by atoms with van der Waals surface area (Å²) in [5.74, 6) is -0.444. The third kappa shape index (κ3) is 3.99. The summed E-state index contributed by atoms with van der Waals surface area (Å²) in [5, 5.41) is 7.83. The number of thiocarbonyl (C=S) groups is 1. The van der Waals surface area contributed by atoms with E-state index in [0.717, 1.165) is 0 Å². The Labute approximate surface area is 136 Å². The molecule has 0 saturated carbocycles. The Hall–Kier alpha value is -2.06. The van der Waals surface area contributed by atoms with Gasteiger partial charge in [-0.25, -0.2) is 9.37 Å². The van der Waals surface area contributed by atoms with Crippen LogP contribution in [0.15, 0.2) is 23.6 Å². The summed E-state index contributed by atoms with van der Waals surface area (Å²) in [6.07, 6.45) is 0.343. The zero-order valence-corrected chi connectivity index (χ0v) is 13.6. The Morgan fingerprint density at radius 3 is 2.91 bits per heavy atom. The largest absolute Gasteiger partial charge is 0.494 e. The van der Waals surface area contributed by atoms with Gasteiger partial charge in [0.1, 0.15) is 0 Å². The molecule has 116 valence electrons. The molecule has 22 heavy (non-hydrogen) atoms. The van der Waals surface area contributed by atoms with Crippen LogP contribution in [0.3, 0.4) is 0 Å². The molecule has 0 atom stereocenters. The van der Waals surface area contributed by atoms with Gasteiger partial charge < -0.3 is 15.4 Å². The molecule has 0 unspecified atom stereocenters. The van der Waals surface area contributed by atoms with Crippen molar-refractivity contribution in [2.45, 2.75) is 13.3 Å². The maximum atomic E-state index is 13.7. The van der Waals surface area contributed by atoms with Gasteiger partial charge in [0.2, 0.25) is 5.91 Å². The van der Waals surface area contributed by atoms with Gasteiger partial charge in [-0.1, -0.05) is 6.92 Å². The Morgan fingerprint density at radius 2 is 2.27 bits per heavy atom. The highest BCUT2D eigenvalue weighted by atomic mass is 32.1. The third-order valence-corrected chi connectivity index (χ3v) is 3.71. The molecule has 1 aromatic carbocycles.